The molecule has 0 aromatic carbocycles. The van der Waals surface area contributed by atoms with Gasteiger partial charge in [-0.2, -0.15) is 4.58 Å². The predicted octanol–water partition coefficient (Wildman–Crippen LogP) is -1.12. The van der Waals surface area contributed by atoms with Crippen LogP contribution in [0.5, 0.6) is 0 Å². The van der Waals surface area contributed by atoms with E-state index >= 15 is 0 Å². The molecule has 0 amide bonds. The predicted molar refractivity (Wildman–Crippen MR) is 74.3 cm³/mol. The molecule has 0 bridgehead atoms. The van der Waals surface area contributed by atoms with E-state index in [-0.39, 0.29) is 0 Å². The van der Waals surface area contributed by atoms with E-state index < -0.39 is 39.0 Å². The normalized spacial score (nSPS) is 34.3. The Morgan fingerprint density at radius 2 is 2.18 bits per heavy atom. The van der Waals surface area contributed by atoms with Gasteiger partial charge in [0.2, 0.25) is 11.9 Å². The Labute approximate surface area is 125 Å². The Bertz CT molecular complexity index is 635. The molecule has 22 heavy (non-hydrogen) atoms. The number of hydrogen-bond donors (Lipinski definition) is 4. The van der Waals surface area contributed by atoms with Gasteiger partial charge in [0, 0.05) is 0 Å². The fraction of sp³-hybridized carbons (Fsp3) is 0.500. The fourth-order valence-corrected chi connectivity index (χ4v) is 2.89. The monoisotopic (exact) mass is 331 g/mol. The van der Waals surface area contributed by atoms with Gasteiger partial charge in [0.1, 0.15) is 18.3 Å². The Hall–Kier alpha value is -1.19. The van der Waals surface area contributed by atoms with Crippen LogP contribution in [0.3, 0.4) is 0 Å². The van der Waals surface area contributed by atoms with Crippen LogP contribution in [0.15, 0.2) is 28.9 Å². The Kier molecular flexibility index (Phi) is 4.13. The maximum Gasteiger partial charge on any atom is 0.469 e. The number of aliphatic hydroxyl groups is 2. The van der Waals surface area contributed by atoms with E-state index in [1.807, 2.05) is 18.2 Å². The molecule has 4 atom stereocenters. The highest BCUT2D eigenvalue weighted by Gasteiger charge is 2.49. The number of phosphoric ester groups is 1. The van der Waals surface area contributed by atoms with Gasteiger partial charge in [-0.05, 0) is 23.6 Å². The SMILES string of the molecule is O=P(O)(O)OC[C@H]1O[C@H]([N+]2=CN=C3C=CCC=C32)[C@H](O)[C@@H]1O. The number of nitrogens with zero attached hydrogens (tertiary/aromatic N) is 2. The first kappa shape index (κ1) is 15.7. The summed E-state index contributed by atoms with van der Waals surface area (Å²) in [6.07, 6.45) is 3.36. The molecular formula is C12H16N2O7P+. The van der Waals surface area contributed by atoms with Crippen molar-refractivity contribution < 1.29 is 38.4 Å². The lowest BCUT2D eigenvalue weighted by Gasteiger charge is -2.16. The Morgan fingerprint density at radius 3 is 2.91 bits per heavy atom. The van der Waals surface area contributed by atoms with Gasteiger partial charge in [0.25, 0.3) is 6.34 Å². The van der Waals surface area contributed by atoms with Crippen molar-refractivity contribution >= 4 is 19.9 Å². The highest BCUT2D eigenvalue weighted by atomic mass is 31.2. The molecule has 2 heterocycles. The van der Waals surface area contributed by atoms with E-state index in [9.17, 15) is 14.8 Å². The maximum absolute atomic E-state index is 10.7. The first-order chi connectivity index (χ1) is 10.4. The van der Waals surface area contributed by atoms with Crippen LogP contribution in [0.1, 0.15) is 6.42 Å². The summed E-state index contributed by atoms with van der Waals surface area (Å²) in [5.74, 6) is 0. The van der Waals surface area contributed by atoms with Crippen molar-refractivity contribution in [3.8, 4) is 0 Å². The van der Waals surface area contributed by atoms with E-state index in [4.69, 9.17) is 14.5 Å². The second-order valence-electron chi connectivity index (χ2n) is 5.10. The fourth-order valence-electron chi connectivity index (χ4n) is 2.55. The third-order valence-corrected chi connectivity index (χ3v) is 4.09. The van der Waals surface area contributed by atoms with Crippen molar-refractivity contribution in [1.29, 1.82) is 0 Å². The maximum atomic E-state index is 10.7. The number of fused-ring (bicyclic) bond motifs is 1. The second-order valence-corrected chi connectivity index (χ2v) is 6.34. The number of allylic oxidation sites excluding steroid dienone is 3. The number of rotatable bonds is 4. The van der Waals surface area contributed by atoms with Crippen molar-refractivity contribution in [3.05, 3.63) is 23.9 Å². The van der Waals surface area contributed by atoms with E-state index in [0.29, 0.717) is 0 Å². The van der Waals surface area contributed by atoms with E-state index in [1.165, 1.54) is 6.34 Å². The minimum absolute atomic E-state index is 0.528. The molecule has 0 spiro atoms. The van der Waals surface area contributed by atoms with Crippen molar-refractivity contribution in [3.63, 3.8) is 0 Å². The lowest BCUT2D eigenvalue weighted by Crippen LogP contribution is -2.39. The van der Waals surface area contributed by atoms with Gasteiger partial charge in [-0.3, -0.25) is 4.52 Å². The van der Waals surface area contributed by atoms with Crippen LogP contribution in [-0.2, 0) is 13.8 Å². The van der Waals surface area contributed by atoms with Gasteiger partial charge in [-0.15, -0.1) is 0 Å². The molecule has 0 radical (unpaired) electrons. The van der Waals surface area contributed by atoms with E-state index in [0.717, 1.165) is 17.8 Å². The molecule has 3 rings (SSSR count). The van der Waals surface area contributed by atoms with Crippen LogP contribution in [0.2, 0.25) is 0 Å². The molecule has 2 aliphatic heterocycles. The molecule has 0 saturated carbocycles. The molecule has 1 fully saturated rings. The summed E-state index contributed by atoms with van der Waals surface area (Å²) in [4.78, 5) is 21.6. The van der Waals surface area contributed by atoms with Gasteiger partial charge in [-0.1, -0.05) is 6.08 Å². The zero-order valence-electron chi connectivity index (χ0n) is 11.4. The summed E-state index contributed by atoms with van der Waals surface area (Å²) in [7, 11) is -4.67. The summed E-state index contributed by atoms with van der Waals surface area (Å²) in [5.41, 5.74) is 1.49. The standard InChI is InChI=1S/C12H15N2O7P/c15-10-9(5-20-22(17,18)19)21-12(11(10)16)14-6-13-7-3-1-2-4-8(7)14/h1,3-4,6,9-12,15-16H,2,5H2,(H-,17,18,19)/p+1/t9-,10-,11-,12+/m1/s1. The summed E-state index contributed by atoms with van der Waals surface area (Å²) < 4.78 is 22.1. The minimum atomic E-state index is -4.67. The zero-order valence-corrected chi connectivity index (χ0v) is 12.3. The number of ether oxygens (including phenoxy) is 1. The molecule has 0 unspecified atom stereocenters. The highest BCUT2D eigenvalue weighted by molar-refractivity contribution is 7.46. The summed E-state index contributed by atoms with van der Waals surface area (Å²) in [5, 5.41) is 20.1. The molecule has 0 aromatic heterocycles. The first-order valence-corrected chi connectivity index (χ1v) is 8.18. The smallest absolute Gasteiger partial charge is 0.387 e. The topological polar surface area (TPSA) is 132 Å². The third kappa shape index (κ3) is 2.97. The average Bonchev–Trinajstić information content (AvgIpc) is 3.00. The van der Waals surface area contributed by atoms with Crippen LogP contribution in [0, 0.1) is 0 Å². The summed E-state index contributed by atoms with van der Waals surface area (Å²) in [6, 6.07) is 0. The van der Waals surface area contributed by atoms with Crippen molar-refractivity contribution in [1.82, 2.24) is 0 Å². The lowest BCUT2D eigenvalue weighted by atomic mass is 10.1. The van der Waals surface area contributed by atoms with Gasteiger partial charge in [0.15, 0.2) is 5.70 Å². The average molecular weight is 331 g/mol. The van der Waals surface area contributed by atoms with E-state index in [2.05, 4.69) is 9.52 Å². The van der Waals surface area contributed by atoms with E-state index in [1.54, 1.807) is 4.58 Å². The minimum Gasteiger partial charge on any atom is -0.387 e. The van der Waals surface area contributed by atoms with Crippen LogP contribution >= 0.6 is 7.82 Å². The molecule has 4 N–H and O–H groups in total. The zero-order chi connectivity index (χ0) is 15.9. The van der Waals surface area contributed by atoms with Crippen LogP contribution in [-0.4, -0.2) is 67.8 Å². The molecule has 120 valence electrons. The summed E-state index contributed by atoms with van der Waals surface area (Å²) >= 11 is 0. The number of hydrogen-bond acceptors (Lipinski definition) is 6. The van der Waals surface area contributed by atoms with Crippen molar-refractivity contribution in [2.75, 3.05) is 6.61 Å². The molecule has 3 aliphatic rings. The van der Waals surface area contributed by atoms with Gasteiger partial charge in [-0.25, -0.2) is 4.57 Å². The molecule has 1 saturated heterocycles. The Balaban J connectivity index is 1.71. The molecule has 0 aromatic rings. The van der Waals surface area contributed by atoms with Crippen LogP contribution in [0.4, 0.5) is 0 Å². The highest BCUT2D eigenvalue weighted by Crippen LogP contribution is 2.37. The first-order valence-electron chi connectivity index (χ1n) is 6.65. The Morgan fingerprint density at radius 1 is 1.41 bits per heavy atom. The molecule has 9 nitrogen and oxygen atoms in total. The second kappa shape index (κ2) is 5.78. The quantitative estimate of drug-likeness (QED) is 0.379. The molecular weight excluding hydrogens is 315 g/mol. The van der Waals surface area contributed by atoms with Gasteiger partial charge >= 0.3 is 7.82 Å². The van der Waals surface area contributed by atoms with Crippen LogP contribution in [0.25, 0.3) is 0 Å². The van der Waals surface area contributed by atoms with Crippen molar-refractivity contribution in [2.24, 2.45) is 4.99 Å². The van der Waals surface area contributed by atoms with Crippen molar-refractivity contribution in [2.45, 2.75) is 31.0 Å². The number of phosphoric acid groups is 1. The largest absolute Gasteiger partial charge is 0.469 e. The van der Waals surface area contributed by atoms with Gasteiger partial charge < -0.3 is 24.7 Å². The molecule has 1 aliphatic carbocycles. The third-order valence-electron chi connectivity index (χ3n) is 3.60. The lowest BCUT2D eigenvalue weighted by molar-refractivity contribution is -0.566. The number of aliphatic hydroxyl groups excluding tert-OH is 2. The number of aliphatic imine (C=N–C) groups is 1. The van der Waals surface area contributed by atoms with Gasteiger partial charge in [0.05, 0.1) is 6.61 Å². The molecule has 10 heteroatoms. The van der Waals surface area contributed by atoms with Crippen LogP contribution < -0.4 is 0 Å². The summed E-state index contributed by atoms with van der Waals surface area (Å²) in [6.45, 7) is -0.528.